The minimum Gasteiger partial charge on any atom is -0.398 e. The molecule has 1 aliphatic heterocycles. The van der Waals surface area contributed by atoms with Crippen molar-refractivity contribution in [1.82, 2.24) is 4.90 Å². The Labute approximate surface area is 131 Å². The van der Waals surface area contributed by atoms with Crippen molar-refractivity contribution in [3.05, 3.63) is 22.7 Å². The number of nitrogens with zero attached hydrogens (tertiary/aromatic N) is 1. The fraction of sp³-hybridized carbons (Fsp3) is 0.429. The molecule has 108 valence electrons. The molecular weight excluding hydrogens is 340 g/mol. The zero-order valence-corrected chi connectivity index (χ0v) is 13.8. The van der Waals surface area contributed by atoms with Gasteiger partial charge in [0.1, 0.15) is 0 Å². The largest absolute Gasteiger partial charge is 0.398 e. The molecule has 2 atom stereocenters. The van der Waals surface area contributed by atoms with Crippen LogP contribution in [-0.2, 0) is 9.59 Å². The Morgan fingerprint density at radius 3 is 2.80 bits per heavy atom. The average Bonchev–Trinajstić information content (AvgIpc) is 2.67. The minimum absolute atomic E-state index is 0.0390. The fourth-order valence-electron chi connectivity index (χ4n) is 2.14. The maximum Gasteiger partial charge on any atom is 0.243 e. The van der Waals surface area contributed by atoms with Crippen LogP contribution in [0.4, 0.5) is 5.69 Å². The fourth-order valence-corrected chi connectivity index (χ4v) is 3.61. The van der Waals surface area contributed by atoms with Gasteiger partial charge in [-0.05, 0) is 31.5 Å². The van der Waals surface area contributed by atoms with Crippen LogP contribution in [0.25, 0.3) is 0 Å². The molecule has 0 spiro atoms. The van der Waals surface area contributed by atoms with Crippen molar-refractivity contribution in [2.45, 2.75) is 42.9 Å². The molecular formula is C14H17BrN2O2S. The zero-order chi connectivity index (χ0) is 14.9. The Morgan fingerprint density at radius 1 is 1.50 bits per heavy atom. The van der Waals surface area contributed by atoms with Gasteiger partial charge in [0.25, 0.3) is 0 Å². The molecule has 6 heteroatoms. The monoisotopic (exact) mass is 356 g/mol. The molecule has 0 aliphatic carbocycles. The number of hydrogen-bond acceptors (Lipinski definition) is 4. The summed E-state index contributed by atoms with van der Waals surface area (Å²) >= 11 is 4.72. The molecule has 1 aromatic rings. The molecule has 1 saturated heterocycles. The van der Waals surface area contributed by atoms with Crippen LogP contribution < -0.4 is 5.73 Å². The molecule has 0 aromatic heterocycles. The molecule has 0 bridgehead atoms. The maximum absolute atomic E-state index is 12.3. The van der Waals surface area contributed by atoms with Crippen LogP contribution in [0.5, 0.6) is 0 Å². The molecule has 1 aliphatic rings. The van der Waals surface area contributed by atoms with Gasteiger partial charge < -0.3 is 5.73 Å². The van der Waals surface area contributed by atoms with Gasteiger partial charge >= 0.3 is 0 Å². The second kappa shape index (κ2) is 6.18. The summed E-state index contributed by atoms with van der Waals surface area (Å²) in [6.07, 6.45) is 1.03. The van der Waals surface area contributed by atoms with Crippen molar-refractivity contribution in [3.8, 4) is 0 Å². The summed E-state index contributed by atoms with van der Waals surface area (Å²) in [6.45, 7) is 3.87. The molecule has 1 fully saturated rings. The highest BCUT2D eigenvalue weighted by Gasteiger charge is 2.41. The van der Waals surface area contributed by atoms with E-state index < -0.39 is 0 Å². The number of nitrogen functional groups attached to an aromatic ring is 1. The lowest BCUT2D eigenvalue weighted by atomic mass is 10.2. The first-order valence-electron chi connectivity index (χ1n) is 6.51. The number of nitrogens with two attached hydrogens (primary N) is 1. The Balaban J connectivity index is 2.15. The number of halogens is 1. The third kappa shape index (κ3) is 3.01. The van der Waals surface area contributed by atoms with E-state index in [-0.39, 0.29) is 29.5 Å². The summed E-state index contributed by atoms with van der Waals surface area (Å²) in [7, 11) is 0. The van der Waals surface area contributed by atoms with Gasteiger partial charge in [-0.2, -0.15) is 0 Å². The maximum atomic E-state index is 12.3. The lowest BCUT2D eigenvalue weighted by Crippen LogP contribution is -2.38. The standard InChI is InChI=1S/C14H17BrN2O2S/c1-3-8(2)17-13(18)7-12(14(17)19)20-11-5-4-9(15)6-10(11)16/h4-6,8,12H,3,7,16H2,1-2H3. The Hall–Kier alpha value is -1.01. The quantitative estimate of drug-likeness (QED) is 0.665. The van der Waals surface area contributed by atoms with Crippen molar-refractivity contribution in [3.63, 3.8) is 0 Å². The van der Waals surface area contributed by atoms with E-state index in [0.29, 0.717) is 5.69 Å². The first-order chi connectivity index (χ1) is 9.43. The van der Waals surface area contributed by atoms with E-state index in [1.807, 2.05) is 26.0 Å². The number of anilines is 1. The molecule has 2 N–H and O–H groups in total. The molecule has 1 heterocycles. The van der Waals surface area contributed by atoms with Gasteiger partial charge in [-0.3, -0.25) is 14.5 Å². The molecule has 2 rings (SSSR count). The van der Waals surface area contributed by atoms with Crippen molar-refractivity contribution < 1.29 is 9.59 Å². The summed E-state index contributed by atoms with van der Waals surface area (Å²) in [5.41, 5.74) is 6.56. The number of carbonyl (C=O) groups is 2. The molecule has 4 nitrogen and oxygen atoms in total. The Kier molecular flexibility index (Phi) is 4.75. The van der Waals surface area contributed by atoms with Gasteiger partial charge in [0.2, 0.25) is 11.8 Å². The van der Waals surface area contributed by atoms with E-state index in [1.54, 1.807) is 6.07 Å². The summed E-state index contributed by atoms with van der Waals surface area (Å²) < 4.78 is 0.898. The molecule has 2 amide bonds. The summed E-state index contributed by atoms with van der Waals surface area (Å²) in [6, 6.07) is 5.51. The van der Waals surface area contributed by atoms with Gasteiger partial charge in [-0.1, -0.05) is 22.9 Å². The van der Waals surface area contributed by atoms with Crippen molar-refractivity contribution >= 4 is 45.2 Å². The Morgan fingerprint density at radius 2 is 2.20 bits per heavy atom. The third-order valence-electron chi connectivity index (χ3n) is 3.41. The number of rotatable bonds is 4. The second-order valence-electron chi connectivity index (χ2n) is 4.85. The van der Waals surface area contributed by atoms with Crippen LogP contribution in [0, 0.1) is 0 Å². The third-order valence-corrected chi connectivity index (χ3v) is 5.19. The SMILES string of the molecule is CCC(C)N1C(=O)CC(Sc2ccc(Br)cc2N)C1=O. The first-order valence-corrected chi connectivity index (χ1v) is 8.19. The van der Waals surface area contributed by atoms with Crippen LogP contribution in [0.1, 0.15) is 26.7 Å². The van der Waals surface area contributed by atoms with E-state index in [2.05, 4.69) is 15.9 Å². The highest BCUT2D eigenvalue weighted by atomic mass is 79.9. The normalized spacial score (nSPS) is 20.6. The molecule has 1 aromatic carbocycles. The van der Waals surface area contributed by atoms with Gasteiger partial charge in [0, 0.05) is 27.5 Å². The van der Waals surface area contributed by atoms with E-state index in [4.69, 9.17) is 5.73 Å². The van der Waals surface area contributed by atoms with E-state index in [1.165, 1.54) is 16.7 Å². The molecule has 0 saturated carbocycles. The number of amides is 2. The number of imide groups is 1. The Bertz CT molecular complexity index is 550. The number of likely N-dealkylation sites (tertiary alicyclic amines) is 1. The average molecular weight is 357 g/mol. The molecule has 20 heavy (non-hydrogen) atoms. The zero-order valence-electron chi connectivity index (χ0n) is 11.4. The molecule has 0 radical (unpaired) electrons. The van der Waals surface area contributed by atoms with Crippen molar-refractivity contribution in [2.24, 2.45) is 0 Å². The molecule has 2 unspecified atom stereocenters. The summed E-state index contributed by atoms with van der Waals surface area (Å²) in [5, 5.41) is -0.361. The summed E-state index contributed by atoms with van der Waals surface area (Å²) in [4.78, 5) is 26.5. The van der Waals surface area contributed by atoms with Crippen LogP contribution in [-0.4, -0.2) is 28.0 Å². The highest BCUT2D eigenvalue weighted by Crippen LogP contribution is 2.36. The second-order valence-corrected chi connectivity index (χ2v) is 7.01. The van der Waals surface area contributed by atoms with E-state index >= 15 is 0 Å². The van der Waals surface area contributed by atoms with Crippen LogP contribution in [0.3, 0.4) is 0 Å². The number of carbonyl (C=O) groups excluding carboxylic acids is 2. The highest BCUT2D eigenvalue weighted by molar-refractivity contribution is 9.10. The lowest BCUT2D eigenvalue weighted by molar-refractivity contribution is -0.140. The lowest BCUT2D eigenvalue weighted by Gasteiger charge is -2.21. The van der Waals surface area contributed by atoms with Gasteiger partial charge in [0.15, 0.2) is 0 Å². The summed E-state index contributed by atoms with van der Waals surface area (Å²) in [5.74, 6) is -0.186. The van der Waals surface area contributed by atoms with Crippen molar-refractivity contribution in [1.29, 1.82) is 0 Å². The topological polar surface area (TPSA) is 63.4 Å². The van der Waals surface area contributed by atoms with Crippen LogP contribution >= 0.6 is 27.7 Å². The predicted octanol–water partition coefficient (Wildman–Crippen LogP) is 3.05. The minimum atomic E-state index is -0.361. The van der Waals surface area contributed by atoms with Crippen molar-refractivity contribution in [2.75, 3.05) is 5.73 Å². The van der Waals surface area contributed by atoms with E-state index in [0.717, 1.165) is 15.8 Å². The van der Waals surface area contributed by atoms with Gasteiger partial charge in [-0.15, -0.1) is 11.8 Å². The number of benzene rings is 1. The smallest absolute Gasteiger partial charge is 0.243 e. The van der Waals surface area contributed by atoms with Gasteiger partial charge in [0.05, 0.1) is 5.25 Å². The van der Waals surface area contributed by atoms with Crippen LogP contribution in [0.15, 0.2) is 27.6 Å². The number of hydrogen-bond donors (Lipinski definition) is 1. The van der Waals surface area contributed by atoms with Crippen LogP contribution in [0.2, 0.25) is 0 Å². The van der Waals surface area contributed by atoms with Gasteiger partial charge in [-0.25, -0.2) is 0 Å². The number of thioether (sulfide) groups is 1. The first kappa shape index (κ1) is 15.4. The van der Waals surface area contributed by atoms with E-state index in [9.17, 15) is 9.59 Å². The predicted molar refractivity (Wildman–Crippen MR) is 84.4 cm³/mol.